The molecule has 2 aromatic heterocycles. The van der Waals surface area contributed by atoms with Gasteiger partial charge < -0.3 is 5.32 Å². The number of aromatic nitrogens is 3. The van der Waals surface area contributed by atoms with E-state index in [2.05, 4.69) is 29.2 Å². The maximum absolute atomic E-state index is 12.3. The van der Waals surface area contributed by atoms with E-state index in [0.29, 0.717) is 12.5 Å². The third kappa shape index (κ3) is 3.74. The summed E-state index contributed by atoms with van der Waals surface area (Å²) in [6, 6.07) is 2.24. The Kier molecular flexibility index (Phi) is 5.34. The van der Waals surface area contributed by atoms with E-state index in [1.807, 2.05) is 31.5 Å². The Balaban J connectivity index is 2.13. The number of nitrogens with one attached hydrogen (secondary N) is 1. The van der Waals surface area contributed by atoms with Crippen molar-refractivity contribution in [3.63, 3.8) is 0 Å². The maximum atomic E-state index is 12.3. The molecular weight excluding hydrogens is 296 g/mol. The molecule has 1 amide bonds. The molecule has 0 radical (unpaired) electrons. The lowest BCUT2D eigenvalue weighted by Gasteiger charge is -2.16. The van der Waals surface area contributed by atoms with Gasteiger partial charge in [-0.05, 0) is 33.6 Å². The second-order valence-corrected chi connectivity index (χ2v) is 6.95. The van der Waals surface area contributed by atoms with Crippen LogP contribution in [0.4, 0.5) is 5.82 Å². The van der Waals surface area contributed by atoms with Crippen LogP contribution < -0.4 is 5.32 Å². The number of hydrogen-bond acceptors (Lipinski definition) is 4. The van der Waals surface area contributed by atoms with Gasteiger partial charge in [0.25, 0.3) is 0 Å². The number of carbonyl (C=O) groups excluding carboxylic acids is 1. The molecule has 120 valence electrons. The molecule has 2 aromatic rings. The molecule has 0 aliphatic heterocycles. The number of aryl methyl sites for hydroxylation is 3. The fraction of sp³-hybridized carbons (Fsp3) is 0.562. The number of rotatable bonds is 6. The Morgan fingerprint density at radius 3 is 2.55 bits per heavy atom. The molecule has 0 saturated heterocycles. The maximum Gasteiger partial charge on any atom is 0.231 e. The number of anilines is 1. The van der Waals surface area contributed by atoms with Crippen LogP contribution in [0.3, 0.4) is 0 Å². The van der Waals surface area contributed by atoms with Crippen molar-refractivity contribution in [2.24, 2.45) is 0 Å². The van der Waals surface area contributed by atoms with E-state index in [4.69, 9.17) is 0 Å². The second-order valence-electron chi connectivity index (χ2n) is 5.55. The van der Waals surface area contributed by atoms with Gasteiger partial charge in [-0.15, -0.1) is 11.3 Å². The molecule has 0 aliphatic carbocycles. The Labute approximate surface area is 135 Å². The van der Waals surface area contributed by atoms with Crippen LogP contribution in [0.1, 0.15) is 54.0 Å². The van der Waals surface area contributed by atoms with Crippen molar-refractivity contribution >= 4 is 23.1 Å². The summed E-state index contributed by atoms with van der Waals surface area (Å²) >= 11 is 1.63. The molecule has 22 heavy (non-hydrogen) atoms. The van der Waals surface area contributed by atoms with Crippen LogP contribution >= 0.6 is 11.3 Å². The molecule has 0 spiro atoms. The van der Waals surface area contributed by atoms with Crippen molar-refractivity contribution in [3.8, 4) is 0 Å². The molecule has 0 atom stereocenters. The third-order valence-corrected chi connectivity index (χ3v) is 4.67. The van der Waals surface area contributed by atoms with Crippen LogP contribution in [0.5, 0.6) is 0 Å². The highest BCUT2D eigenvalue weighted by Gasteiger charge is 2.16. The van der Waals surface area contributed by atoms with Crippen molar-refractivity contribution in [1.82, 2.24) is 14.8 Å². The molecule has 0 aliphatic rings. The van der Waals surface area contributed by atoms with Crippen molar-refractivity contribution in [3.05, 3.63) is 27.3 Å². The smallest absolute Gasteiger partial charge is 0.231 e. The van der Waals surface area contributed by atoms with Gasteiger partial charge in [0, 0.05) is 10.9 Å². The molecule has 1 N–H and O–H groups in total. The lowest BCUT2D eigenvalue weighted by Crippen LogP contribution is -2.20. The van der Waals surface area contributed by atoms with Gasteiger partial charge in [-0.3, -0.25) is 4.79 Å². The number of nitrogens with zero attached hydrogens (tertiary/aromatic N) is 3. The summed E-state index contributed by atoms with van der Waals surface area (Å²) in [5.41, 5.74) is 1.79. The van der Waals surface area contributed by atoms with Crippen LogP contribution in [0.15, 0.2) is 6.07 Å². The first-order valence-corrected chi connectivity index (χ1v) is 8.55. The van der Waals surface area contributed by atoms with E-state index in [0.717, 1.165) is 39.9 Å². The largest absolute Gasteiger partial charge is 0.311 e. The molecule has 2 heterocycles. The predicted molar refractivity (Wildman–Crippen MR) is 90.5 cm³/mol. The molecule has 0 bridgehead atoms. The number of thiazole rings is 1. The summed E-state index contributed by atoms with van der Waals surface area (Å²) in [6.45, 7) is 10.2. The van der Waals surface area contributed by atoms with E-state index >= 15 is 0 Å². The molecule has 0 aromatic carbocycles. The van der Waals surface area contributed by atoms with E-state index < -0.39 is 0 Å². The monoisotopic (exact) mass is 320 g/mol. The minimum atomic E-state index is -0.0412. The highest BCUT2D eigenvalue weighted by molar-refractivity contribution is 7.11. The van der Waals surface area contributed by atoms with Crippen LogP contribution in [0.25, 0.3) is 0 Å². The van der Waals surface area contributed by atoms with E-state index in [1.165, 1.54) is 0 Å². The Hall–Kier alpha value is -1.69. The van der Waals surface area contributed by atoms with Crippen molar-refractivity contribution in [2.45, 2.75) is 59.9 Å². The van der Waals surface area contributed by atoms with Crippen LogP contribution in [-0.2, 0) is 11.2 Å². The van der Waals surface area contributed by atoms with Crippen LogP contribution in [0, 0.1) is 20.8 Å². The Morgan fingerprint density at radius 1 is 1.32 bits per heavy atom. The van der Waals surface area contributed by atoms with E-state index in [1.54, 1.807) is 11.3 Å². The summed E-state index contributed by atoms with van der Waals surface area (Å²) in [5, 5.41) is 8.51. The fourth-order valence-electron chi connectivity index (χ4n) is 2.60. The highest BCUT2D eigenvalue weighted by atomic mass is 32.1. The predicted octanol–water partition coefficient (Wildman–Crippen LogP) is 3.81. The summed E-state index contributed by atoms with van der Waals surface area (Å²) < 4.78 is 1.94. The molecule has 6 heteroatoms. The summed E-state index contributed by atoms with van der Waals surface area (Å²) in [5.74, 6) is 0.737. The third-order valence-electron chi connectivity index (χ3n) is 3.74. The van der Waals surface area contributed by atoms with Gasteiger partial charge >= 0.3 is 0 Å². The van der Waals surface area contributed by atoms with Crippen LogP contribution in [-0.4, -0.2) is 20.7 Å². The molecule has 5 nitrogen and oxygen atoms in total. The van der Waals surface area contributed by atoms with Gasteiger partial charge in [0.15, 0.2) is 0 Å². The second kappa shape index (κ2) is 7.05. The van der Waals surface area contributed by atoms with Gasteiger partial charge in [-0.1, -0.05) is 13.8 Å². The minimum absolute atomic E-state index is 0.0412. The van der Waals surface area contributed by atoms with Gasteiger partial charge in [0.1, 0.15) is 5.82 Å². The number of amides is 1. The topological polar surface area (TPSA) is 59.8 Å². The first kappa shape index (κ1) is 16.7. The highest BCUT2D eigenvalue weighted by Crippen LogP contribution is 2.22. The van der Waals surface area contributed by atoms with Gasteiger partial charge in [0.2, 0.25) is 5.91 Å². The zero-order valence-electron chi connectivity index (χ0n) is 13.9. The lowest BCUT2D eigenvalue weighted by atomic mass is 10.2. The first-order chi connectivity index (χ1) is 10.4. The Morgan fingerprint density at radius 2 is 2.00 bits per heavy atom. The Bertz CT molecular complexity index is 655. The zero-order valence-corrected chi connectivity index (χ0v) is 14.8. The number of hydrogen-bond donors (Lipinski definition) is 1. The molecule has 0 unspecified atom stereocenters. The summed E-state index contributed by atoms with van der Waals surface area (Å²) in [4.78, 5) is 17.8. The first-order valence-electron chi connectivity index (χ1n) is 7.73. The standard InChI is InChI=1S/C16H24N4OS/c1-6-13(7-2)20-15(8-10(3)19-20)18-16(21)9-14-11(4)22-12(5)17-14/h8,13H,6-7,9H2,1-5H3,(H,18,21). The molecule has 2 rings (SSSR count). The summed E-state index contributed by atoms with van der Waals surface area (Å²) in [7, 11) is 0. The van der Waals surface area contributed by atoms with Gasteiger partial charge in [0.05, 0.1) is 28.9 Å². The average molecular weight is 320 g/mol. The van der Waals surface area contributed by atoms with Crippen LogP contribution in [0.2, 0.25) is 0 Å². The minimum Gasteiger partial charge on any atom is -0.311 e. The molecular formula is C16H24N4OS. The van der Waals surface area contributed by atoms with E-state index in [9.17, 15) is 4.79 Å². The van der Waals surface area contributed by atoms with Crippen molar-refractivity contribution in [2.75, 3.05) is 5.32 Å². The van der Waals surface area contributed by atoms with E-state index in [-0.39, 0.29) is 5.91 Å². The van der Waals surface area contributed by atoms with Crippen molar-refractivity contribution in [1.29, 1.82) is 0 Å². The quantitative estimate of drug-likeness (QED) is 0.880. The normalized spacial score (nSPS) is 11.2. The van der Waals surface area contributed by atoms with Gasteiger partial charge in [-0.2, -0.15) is 5.10 Å². The molecule has 0 saturated carbocycles. The zero-order chi connectivity index (χ0) is 16.3. The SMILES string of the molecule is CCC(CC)n1nc(C)cc1NC(=O)Cc1nc(C)sc1C. The summed E-state index contributed by atoms with van der Waals surface area (Å²) in [6.07, 6.45) is 2.29. The molecule has 0 fully saturated rings. The number of carbonyl (C=O) groups is 1. The fourth-order valence-corrected chi connectivity index (χ4v) is 3.43. The average Bonchev–Trinajstić information content (AvgIpc) is 2.94. The van der Waals surface area contributed by atoms with Crippen molar-refractivity contribution < 1.29 is 4.79 Å². The van der Waals surface area contributed by atoms with Gasteiger partial charge in [-0.25, -0.2) is 9.67 Å². The lowest BCUT2D eigenvalue weighted by molar-refractivity contribution is -0.115.